The average molecular weight is 948 g/mol. The fourth-order valence-corrected chi connectivity index (χ4v) is 22.9. The molecule has 0 aromatic carbocycles. The molecule has 0 N–H and O–H groups in total. The Morgan fingerprint density at radius 2 is 0.150 bits per heavy atom. The van der Waals surface area contributed by atoms with E-state index in [1.165, 1.54) is 0 Å². The van der Waals surface area contributed by atoms with Gasteiger partial charge >= 0.3 is 0 Å². The Balaban J connectivity index is 12.7. The van der Waals surface area contributed by atoms with E-state index >= 15 is 0 Å². The summed E-state index contributed by atoms with van der Waals surface area (Å²) in [6.45, 7) is 0. The summed E-state index contributed by atoms with van der Waals surface area (Å²) in [6, 6.07) is 0. The minimum Gasteiger partial charge on any atom is 0.00000327 e. The van der Waals surface area contributed by atoms with Gasteiger partial charge in [-0.2, -0.15) is 0 Å². The van der Waals surface area contributed by atoms with Gasteiger partial charge in [0.05, 0.1) is 317 Å². The molecule has 0 aliphatic heterocycles. The zero-order valence-electron chi connectivity index (χ0n) is 63.5. The third-order valence-corrected chi connectivity index (χ3v) is 23.8. The molecule has 0 amide bonds. The SMILES string of the molecule is BB(B)B(B)B(B(B)B)B(B(B(B)B)B(B)B)B(B(B(B(B(B)B)B(B)B)B(B(B)B)B(B)B)B(B(B(B)B)B(B)B)B(B(B)B)B(B)B)B(B(B(B(B)B)B(B)B)B(B(B)B)B(B)B)B(B(B(B)B)B(B)B)B(B(B)B)B(B)B. The van der Waals surface area contributed by atoms with Gasteiger partial charge in [-0.25, -0.2) is 0 Å². The molecule has 0 saturated carbocycles. The second kappa shape index (κ2) is 39.0. The zero-order valence-corrected chi connectivity index (χ0v) is 63.5. The van der Waals surface area contributed by atoms with Crippen molar-refractivity contribution >= 4 is 566 Å². The first-order chi connectivity index (χ1) is 36.3. The zero-order chi connectivity index (χ0) is 63.5. The Morgan fingerprint density at radius 3 is 0.225 bits per heavy atom. The van der Waals surface area contributed by atoms with E-state index in [2.05, 4.69) is 317 Å². The maximum atomic E-state index is 2.79. The molecule has 0 heterocycles. The molecule has 0 fully saturated rings. The van der Waals surface area contributed by atoms with Crippen LogP contribution in [-0.2, 0) is 0 Å². The van der Waals surface area contributed by atoms with Crippen molar-refractivity contribution in [3.63, 3.8) is 0 Å². The first-order valence-corrected chi connectivity index (χ1v) is 36.3. The van der Waals surface area contributed by atoms with E-state index in [0.717, 1.165) is 0 Å². The number of hydrogen-bond donors (Lipinski definition) is 0. The van der Waals surface area contributed by atoms with Crippen LogP contribution < -0.4 is 0 Å². The summed E-state index contributed by atoms with van der Waals surface area (Å²) in [5.41, 5.74) is 0. The smallest absolute Gasteiger partial charge is 0.00000327 e. The molecule has 0 spiro atoms. The molecular weight excluding hydrogens is 865 g/mol. The highest BCUT2D eigenvalue weighted by Crippen LogP contribution is 2.28. The predicted octanol–water partition coefficient (Wildman–Crippen LogP) is -52.4. The summed E-state index contributed by atoms with van der Waals surface area (Å²) in [7, 11) is 111. The van der Waals surface area contributed by atoms with Gasteiger partial charge in [0.1, 0.15) is 0 Å². The Labute approximate surface area is 560 Å². The monoisotopic (exact) mass is 963 g/mol. The van der Waals surface area contributed by atoms with E-state index < -0.39 is 0 Å². The van der Waals surface area contributed by atoms with Crippen molar-refractivity contribution in [2.45, 2.75) is 0 Å². The Kier molecular flexibility index (Phi) is 41.6. The van der Waals surface area contributed by atoms with Gasteiger partial charge in [0.25, 0.3) is 0 Å². The van der Waals surface area contributed by atoms with Crippen LogP contribution in [0.5, 0.6) is 0 Å². The lowest BCUT2D eigenvalue weighted by Gasteiger charge is -2.61. The molecule has 0 saturated heterocycles. The van der Waals surface area contributed by atoms with Gasteiger partial charge in [-0.05, 0) is 0 Å². The largest absolute Gasteiger partial charge is 0.0552 e. The van der Waals surface area contributed by atoms with Crippen LogP contribution in [0, 0.1) is 0 Å². The van der Waals surface area contributed by atoms with Crippen LogP contribution in [0.3, 0.4) is 0 Å². The second-order valence-electron chi connectivity index (χ2n) is 36.1. The highest BCUT2D eigenvalue weighted by molar-refractivity contribution is 8.41. The summed E-state index contributed by atoms with van der Waals surface area (Å²) < 4.78 is 0. The second-order valence-corrected chi connectivity index (χ2v) is 36.1. The van der Waals surface area contributed by atoms with E-state index in [9.17, 15) is 0 Å². The van der Waals surface area contributed by atoms with E-state index in [0.29, 0.717) is 249 Å². The molecule has 0 radical (unpaired) electrons. The van der Waals surface area contributed by atoms with Gasteiger partial charge in [-0.15, -0.1) is 0 Å². The minimum absolute atomic E-state index is 0.517. The summed E-state index contributed by atoms with van der Waals surface area (Å²) in [4.78, 5) is 0. The van der Waals surface area contributed by atoms with Crippen LogP contribution in [0.25, 0.3) is 0 Å². The first kappa shape index (κ1) is 85.2. The molecule has 0 atom stereocenters. The molecule has 0 rings (SSSR count). The lowest BCUT2D eigenvalue weighted by atomic mass is 8.20. The maximum Gasteiger partial charge on any atom is 0.0552 e. The first-order valence-electron chi connectivity index (χ1n) is 36.3. The van der Waals surface area contributed by atoms with Crippen molar-refractivity contribution in [1.29, 1.82) is 0 Å². The van der Waals surface area contributed by atoms with Gasteiger partial charge in [-0.3, -0.25) is 0 Å². The molecule has 0 bridgehead atoms. The van der Waals surface area contributed by atoms with Crippen LogP contribution in [0.15, 0.2) is 0 Å². The summed E-state index contributed by atoms with van der Waals surface area (Å²) in [5, 5.41) is 0. The standard InChI is InChI=1S/B80H82/c1-42(2)62(41)72(61(39)40)77(71(59(35)36)60(37)38)80(78(73(63(43(3)4)44(5)6)64(45(7)8)46(9)10)74(65(47(11)12)48(13)14)66(49(15)16)50(17)18)79(75(67(51(19)20)52(21)22)68(53(23)24)54(25)26)76(69(55(27)28)56(29)30)70(57(31)32)58(33)34/h1-41H2. The number of hydrogen-bond acceptors (Lipinski definition) is 0. The normalized spacial score (nSPS) is 9.80. The van der Waals surface area contributed by atoms with Gasteiger partial charge in [0.15, 0.2) is 0 Å². The minimum atomic E-state index is 0.517. The molecule has 80 heavy (non-hydrogen) atoms. The molecule has 0 nitrogen and oxygen atoms in total. The molecule has 322 valence electrons. The van der Waals surface area contributed by atoms with Crippen LogP contribution in [0.1, 0.15) is 0 Å². The van der Waals surface area contributed by atoms with E-state index in [4.69, 9.17) is 0 Å². The molecule has 0 unspecified atom stereocenters. The maximum absolute atomic E-state index is 2.79. The molecule has 0 aromatic rings. The third-order valence-electron chi connectivity index (χ3n) is 23.8. The van der Waals surface area contributed by atoms with Gasteiger partial charge < -0.3 is 0 Å². The fourth-order valence-electron chi connectivity index (χ4n) is 22.9. The van der Waals surface area contributed by atoms with Crippen molar-refractivity contribution in [1.82, 2.24) is 0 Å². The van der Waals surface area contributed by atoms with Gasteiger partial charge in [-0.1, -0.05) is 0 Å². The molecular formula is H82B80. The molecule has 0 aliphatic carbocycles. The van der Waals surface area contributed by atoms with Crippen molar-refractivity contribution in [3.8, 4) is 0 Å². The lowest BCUT2D eigenvalue weighted by Crippen LogP contribution is -2.99. The quantitative estimate of drug-likeness (QED) is 0.0541. The van der Waals surface area contributed by atoms with Crippen molar-refractivity contribution in [2.75, 3.05) is 0 Å². The molecule has 0 aromatic heterocycles. The van der Waals surface area contributed by atoms with Gasteiger partial charge in [0.2, 0.25) is 0 Å². The van der Waals surface area contributed by atoms with Crippen molar-refractivity contribution < 1.29 is 0 Å². The number of rotatable bonds is 38. The van der Waals surface area contributed by atoms with Crippen LogP contribution in [0.4, 0.5) is 0 Å². The van der Waals surface area contributed by atoms with E-state index in [1.54, 1.807) is 0 Å². The topological polar surface area (TPSA) is 0 Å². The Morgan fingerprint density at radius 1 is 0.0750 bits per heavy atom. The van der Waals surface area contributed by atoms with Crippen molar-refractivity contribution in [2.24, 2.45) is 0 Å². The van der Waals surface area contributed by atoms with Crippen LogP contribution in [0.2, 0.25) is 0 Å². The summed E-state index contributed by atoms with van der Waals surface area (Å²) in [5.74, 6) is 0. The summed E-state index contributed by atoms with van der Waals surface area (Å²) >= 11 is 0. The Bertz CT molecular complexity index is 1240. The lowest BCUT2D eigenvalue weighted by molar-refractivity contribution is 3.14. The third kappa shape index (κ3) is 22.7. The van der Waals surface area contributed by atoms with Crippen LogP contribution in [-0.4, -0.2) is 566 Å². The Hall–Kier alpha value is 5.19. The molecule has 0 aliphatic rings. The van der Waals surface area contributed by atoms with Crippen LogP contribution >= 0.6 is 0 Å². The van der Waals surface area contributed by atoms with Crippen molar-refractivity contribution in [3.05, 3.63) is 0 Å². The van der Waals surface area contributed by atoms with E-state index in [1.807, 2.05) is 0 Å². The highest BCUT2D eigenvalue weighted by atomic mass is 13.5. The average Bonchev–Trinajstić information content (AvgIpc) is 3.23. The van der Waals surface area contributed by atoms with E-state index in [-0.39, 0.29) is 0 Å². The molecule has 80 heteroatoms. The van der Waals surface area contributed by atoms with Gasteiger partial charge in [0, 0.05) is 249 Å². The highest BCUT2D eigenvalue weighted by Gasteiger charge is 2.66. The fraction of sp³-hybridized carbons (Fsp3) is 0. The summed E-state index contributed by atoms with van der Waals surface area (Å²) in [6.07, 6.45) is 22.6. The predicted molar refractivity (Wildman–Crippen MR) is 575 cm³/mol.